The number of hydrazine groups is 1. The molecule has 0 bridgehead atoms. The number of nitrogens with zero attached hydrogens (tertiary/aromatic N) is 3. The van der Waals surface area contributed by atoms with Gasteiger partial charge in [0.05, 0.1) is 0 Å². The predicted molar refractivity (Wildman–Crippen MR) is 68.7 cm³/mol. The summed E-state index contributed by atoms with van der Waals surface area (Å²) >= 11 is 0. The highest BCUT2D eigenvalue weighted by Crippen LogP contribution is 2.23. The minimum absolute atomic E-state index is 0.712. The molecule has 0 aromatic carbocycles. The highest BCUT2D eigenvalue weighted by molar-refractivity contribution is 4.94. The normalized spacial score (nSPS) is 25.2. The lowest BCUT2D eigenvalue weighted by Gasteiger charge is -2.42. The molecule has 4 nitrogen and oxygen atoms in total. The maximum Gasteiger partial charge on any atom is 0.0356 e. The molecule has 94 valence electrons. The summed E-state index contributed by atoms with van der Waals surface area (Å²) in [5.74, 6) is 0. The van der Waals surface area contributed by atoms with Crippen LogP contribution in [0.2, 0.25) is 0 Å². The van der Waals surface area contributed by atoms with Gasteiger partial charge in [-0.25, -0.2) is 10.0 Å². The lowest BCUT2D eigenvalue weighted by molar-refractivity contribution is -0.0549. The highest BCUT2D eigenvalue weighted by atomic mass is 15.6. The van der Waals surface area contributed by atoms with Crippen LogP contribution < -0.4 is 5.32 Å². The Morgan fingerprint density at radius 1 is 0.824 bits per heavy atom. The van der Waals surface area contributed by atoms with E-state index in [0.717, 1.165) is 13.1 Å². The van der Waals surface area contributed by atoms with E-state index < -0.39 is 0 Å². The molecule has 3 rings (SSSR count). The van der Waals surface area contributed by atoms with Crippen LogP contribution in [-0.2, 0) is 0 Å². The minimum atomic E-state index is 0.712. The number of rotatable bonds is 2. The van der Waals surface area contributed by atoms with Gasteiger partial charge in [-0.1, -0.05) is 0 Å². The summed E-state index contributed by atoms with van der Waals surface area (Å²) in [6.07, 6.45) is 6.95. The largest absolute Gasteiger partial charge is 0.351 e. The fourth-order valence-electron chi connectivity index (χ4n) is 2.96. The van der Waals surface area contributed by atoms with Crippen LogP contribution >= 0.6 is 0 Å². The average Bonchev–Trinajstić information content (AvgIpc) is 2.94. The number of hydrogen-bond donors (Lipinski definition) is 1. The van der Waals surface area contributed by atoms with Gasteiger partial charge in [-0.3, -0.25) is 0 Å². The summed E-state index contributed by atoms with van der Waals surface area (Å²) in [4.78, 5) is 0. The monoisotopic (exact) mass is 234 g/mol. The van der Waals surface area contributed by atoms with Crippen molar-refractivity contribution >= 4 is 0 Å². The van der Waals surface area contributed by atoms with Gasteiger partial charge in [0.2, 0.25) is 0 Å². The van der Waals surface area contributed by atoms with Crippen LogP contribution in [0.4, 0.5) is 0 Å². The van der Waals surface area contributed by atoms with E-state index in [4.69, 9.17) is 0 Å². The summed E-state index contributed by atoms with van der Waals surface area (Å²) in [6, 6.07) is 4.97. The molecule has 1 aromatic heterocycles. The molecule has 0 radical (unpaired) electrons. The van der Waals surface area contributed by atoms with Crippen LogP contribution in [-0.4, -0.2) is 53.9 Å². The molecule has 0 amide bonds. The van der Waals surface area contributed by atoms with E-state index in [1.807, 2.05) is 0 Å². The average molecular weight is 234 g/mol. The smallest absolute Gasteiger partial charge is 0.0356 e. The number of aromatic nitrogens is 1. The molecule has 2 fully saturated rings. The topological polar surface area (TPSA) is 23.4 Å². The molecule has 2 saturated heterocycles. The van der Waals surface area contributed by atoms with Gasteiger partial charge in [0.15, 0.2) is 0 Å². The second-order valence-corrected chi connectivity index (χ2v) is 5.02. The molecular formula is C13H22N4. The van der Waals surface area contributed by atoms with E-state index in [2.05, 4.69) is 44.4 Å². The molecule has 0 aliphatic carbocycles. The first-order chi connectivity index (χ1) is 8.43. The van der Waals surface area contributed by atoms with E-state index in [0.29, 0.717) is 6.04 Å². The van der Waals surface area contributed by atoms with Crippen molar-refractivity contribution in [2.75, 3.05) is 39.3 Å². The minimum Gasteiger partial charge on any atom is -0.351 e. The van der Waals surface area contributed by atoms with E-state index >= 15 is 0 Å². The molecule has 1 N–H and O–H groups in total. The Morgan fingerprint density at radius 2 is 1.41 bits per heavy atom. The molecular weight excluding hydrogens is 212 g/mol. The Bertz CT molecular complexity index is 321. The van der Waals surface area contributed by atoms with E-state index in [9.17, 15) is 0 Å². The molecule has 0 unspecified atom stereocenters. The SMILES string of the molecule is c1ccn(C2CCN(N3CCNCC3)CC2)c1. The second kappa shape index (κ2) is 5.21. The summed E-state index contributed by atoms with van der Waals surface area (Å²) in [6.45, 7) is 7.04. The second-order valence-electron chi connectivity index (χ2n) is 5.02. The number of piperidine rings is 1. The lowest BCUT2D eigenvalue weighted by atomic mass is 10.1. The molecule has 3 heterocycles. The molecule has 17 heavy (non-hydrogen) atoms. The van der Waals surface area contributed by atoms with Crippen molar-refractivity contribution in [3.8, 4) is 0 Å². The summed E-state index contributed by atoms with van der Waals surface area (Å²) < 4.78 is 2.37. The van der Waals surface area contributed by atoms with E-state index in [1.54, 1.807) is 0 Å². The third-order valence-corrected chi connectivity index (χ3v) is 3.98. The zero-order valence-electron chi connectivity index (χ0n) is 10.4. The molecule has 0 atom stereocenters. The first-order valence-electron chi connectivity index (χ1n) is 6.76. The first-order valence-corrected chi connectivity index (χ1v) is 6.76. The Balaban J connectivity index is 1.53. The van der Waals surface area contributed by atoms with E-state index in [1.165, 1.54) is 39.0 Å². The zero-order valence-corrected chi connectivity index (χ0v) is 10.4. The standard InChI is InChI=1S/C13H22N4/c1-2-8-15(7-1)13-3-9-16(10-4-13)17-11-5-14-6-12-17/h1-2,7-8,13-14H,3-6,9-12H2. The van der Waals surface area contributed by atoms with Gasteiger partial charge in [-0.15, -0.1) is 0 Å². The van der Waals surface area contributed by atoms with Crippen LogP contribution in [0.1, 0.15) is 18.9 Å². The van der Waals surface area contributed by atoms with Gasteiger partial charge in [0.25, 0.3) is 0 Å². The maximum atomic E-state index is 3.41. The van der Waals surface area contributed by atoms with Crippen molar-refractivity contribution < 1.29 is 0 Å². The number of hydrogen-bond acceptors (Lipinski definition) is 3. The van der Waals surface area contributed by atoms with Crippen LogP contribution in [0.3, 0.4) is 0 Å². The van der Waals surface area contributed by atoms with Crippen molar-refractivity contribution in [1.82, 2.24) is 19.9 Å². The molecule has 2 aliphatic rings. The highest BCUT2D eigenvalue weighted by Gasteiger charge is 2.24. The summed E-state index contributed by atoms with van der Waals surface area (Å²) in [5, 5.41) is 8.50. The fourth-order valence-corrected chi connectivity index (χ4v) is 2.96. The van der Waals surface area contributed by atoms with Gasteiger partial charge in [0.1, 0.15) is 0 Å². The zero-order chi connectivity index (χ0) is 11.5. The van der Waals surface area contributed by atoms with Crippen LogP contribution in [0.25, 0.3) is 0 Å². The molecule has 1 aromatic rings. The molecule has 0 spiro atoms. The summed E-state index contributed by atoms with van der Waals surface area (Å²) in [7, 11) is 0. The van der Waals surface area contributed by atoms with Crippen molar-refractivity contribution in [2.24, 2.45) is 0 Å². The number of piperazine rings is 1. The lowest BCUT2D eigenvalue weighted by Crippen LogP contribution is -2.54. The molecule has 4 heteroatoms. The van der Waals surface area contributed by atoms with Gasteiger partial charge in [-0.05, 0) is 25.0 Å². The van der Waals surface area contributed by atoms with Crippen LogP contribution in [0.5, 0.6) is 0 Å². The fraction of sp³-hybridized carbons (Fsp3) is 0.692. The Kier molecular flexibility index (Phi) is 3.45. The Morgan fingerprint density at radius 3 is 2.06 bits per heavy atom. The van der Waals surface area contributed by atoms with Crippen molar-refractivity contribution in [2.45, 2.75) is 18.9 Å². The predicted octanol–water partition coefficient (Wildman–Crippen LogP) is 0.945. The van der Waals surface area contributed by atoms with Gasteiger partial charge >= 0.3 is 0 Å². The quantitative estimate of drug-likeness (QED) is 0.824. The van der Waals surface area contributed by atoms with Gasteiger partial charge in [-0.2, -0.15) is 0 Å². The van der Waals surface area contributed by atoms with Crippen molar-refractivity contribution in [3.05, 3.63) is 24.5 Å². The number of nitrogens with one attached hydrogen (secondary N) is 1. The summed E-state index contributed by atoms with van der Waals surface area (Å²) in [5.41, 5.74) is 0. The van der Waals surface area contributed by atoms with E-state index in [-0.39, 0.29) is 0 Å². The van der Waals surface area contributed by atoms with Gasteiger partial charge < -0.3 is 9.88 Å². The van der Waals surface area contributed by atoms with Crippen LogP contribution in [0.15, 0.2) is 24.5 Å². The molecule has 2 aliphatic heterocycles. The van der Waals surface area contributed by atoms with Crippen molar-refractivity contribution in [1.29, 1.82) is 0 Å². The van der Waals surface area contributed by atoms with Crippen molar-refractivity contribution in [3.63, 3.8) is 0 Å². The third kappa shape index (κ3) is 2.54. The maximum absolute atomic E-state index is 3.41. The van der Waals surface area contributed by atoms with Gasteiger partial charge in [0, 0.05) is 57.7 Å². The third-order valence-electron chi connectivity index (χ3n) is 3.98. The van der Waals surface area contributed by atoms with Crippen LogP contribution in [0, 0.1) is 0 Å². The first kappa shape index (κ1) is 11.3. The molecule has 0 saturated carbocycles. The Hall–Kier alpha value is -0.840. The Labute approximate surface area is 103 Å².